The fraction of sp³-hybridized carbons (Fsp3) is 0.350. The zero-order valence-corrected chi connectivity index (χ0v) is 19.7. The average molecular weight is 482 g/mol. The molecule has 3 rings (SSSR count). The first kappa shape index (κ1) is 23.3. The number of carbonyl (C=O) groups excluding carboxylic acids is 1. The molecule has 0 atom stereocenters. The largest absolute Gasteiger partial charge is 0.332 e. The first-order chi connectivity index (χ1) is 14.6. The molecule has 31 heavy (non-hydrogen) atoms. The predicted octanol–water partition coefficient (Wildman–Crippen LogP) is 3.49. The normalized spacial score (nSPS) is 11.3. The third kappa shape index (κ3) is 4.94. The molecular formula is C20H21Cl2N5O3S. The number of para-hydroxylation sites is 1. The molecule has 0 aliphatic rings. The summed E-state index contributed by atoms with van der Waals surface area (Å²) in [4.78, 5) is 46.7. The number of halogens is 2. The van der Waals surface area contributed by atoms with E-state index in [0.29, 0.717) is 33.1 Å². The second-order valence-corrected chi connectivity index (χ2v) is 9.14. The zero-order valence-electron chi connectivity index (χ0n) is 17.4. The minimum atomic E-state index is -0.503. The second-order valence-electron chi connectivity index (χ2n) is 7.36. The number of rotatable bonds is 6. The summed E-state index contributed by atoms with van der Waals surface area (Å²) in [6.45, 7) is 6.01. The van der Waals surface area contributed by atoms with E-state index in [1.165, 1.54) is 11.6 Å². The van der Waals surface area contributed by atoms with Crippen molar-refractivity contribution < 1.29 is 4.79 Å². The van der Waals surface area contributed by atoms with Crippen LogP contribution in [0.3, 0.4) is 0 Å². The minimum Gasteiger partial charge on any atom is -0.323 e. The molecule has 1 aromatic carbocycles. The van der Waals surface area contributed by atoms with E-state index in [1.54, 1.807) is 25.1 Å². The van der Waals surface area contributed by atoms with Crippen molar-refractivity contribution in [1.82, 2.24) is 19.1 Å². The Kier molecular flexibility index (Phi) is 7.08. The molecule has 0 unspecified atom stereocenters. The van der Waals surface area contributed by atoms with E-state index in [2.05, 4.69) is 15.3 Å². The number of amides is 1. The highest BCUT2D eigenvalue weighted by molar-refractivity contribution is 8.00. The molecule has 3 aromatic rings. The number of aryl methyl sites for hydroxylation is 1. The number of aromatic nitrogens is 4. The molecular weight excluding hydrogens is 461 g/mol. The summed E-state index contributed by atoms with van der Waals surface area (Å²) in [5.74, 6) is 0.155. The van der Waals surface area contributed by atoms with E-state index >= 15 is 0 Å². The van der Waals surface area contributed by atoms with Gasteiger partial charge < -0.3 is 5.32 Å². The number of nitrogens with zero attached hydrogens (tertiary/aromatic N) is 4. The second kappa shape index (κ2) is 9.42. The number of fused-ring (bicyclic) bond motifs is 1. The lowest BCUT2D eigenvalue weighted by atomic mass is 10.2. The van der Waals surface area contributed by atoms with E-state index in [-0.39, 0.29) is 28.6 Å². The molecule has 0 saturated carbocycles. The smallest absolute Gasteiger partial charge is 0.323 e. The number of hydrogen-bond donors (Lipinski definition) is 1. The van der Waals surface area contributed by atoms with Crippen LogP contribution in [-0.4, -0.2) is 30.8 Å². The Balaban J connectivity index is 1.99. The highest BCUT2D eigenvalue weighted by atomic mass is 35.5. The van der Waals surface area contributed by atoms with E-state index in [0.717, 1.165) is 16.3 Å². The van der Waals surface area contributed by atoms with Crippen LogP contribution in [0.2, 0.25) is 10.0 Å². The molecule has 2 heterocycles. The van der Waals surface area contributed by atoms with Gasteiger partial charge in [-0.15, -0.1) is 0 Å². The lowest BCUT2D eigenvalue weighted by Gasteiger charge is -2.15. The van der Waals surface area contributed by atoms with Gasteiger partial charge >= 0.3 is 5.69 Å². The summed E-state index contributed by atoms with van der Waals surface area (Å²) in [6, 6.07) is 4.92. The zero-order chi connectivity index (χ0) is 22.9. The molecule has 11 heteroatoms. The van der Waals surface area contributed by atoms with Gasteiger partial charge in [-0.3, -0.25) is 18.7 Å². The molecule has 1 N–H and O–H groups in total. The van der Waals surface area contributed by atoms with Gasteiger partial charge in [0, 0.05) is 13.6 Å². The maximum atomic E-state index is 12.9. The number of nitrogens with one attached hydrogen (secondary N) is 1. The molecule has 2 aromatic heterocycles. The Morgan fingerprint density at radius 3 is 2.45 bits per heavy atom. The molecule has 0 aliphatic heterocycles. The van der Waals surface area contributed by atoms with Crippen LogP contribution in [0, 0.1) is 12.8 Å². The highest BCUT2D eigenvalue weighted by Gasteiger charge is 2.19. The molecule has 0 spiro atoms. The van der Waals surface area contributed by atoms with Crippen LogP contribution < -0.4 is 16.6 Å². The van der Waals surface area contributed by atoms with Crippen LogP contribution >= 0.6 is 35.0 Å². The molecule has 0 fully saturated rings. The lowest BCUT2D eigenvalue weighted by Crippen LogP contribution is -2.39. The molecule has 1 amide bonds. The fourth-order valence-electron chi connectivity index (χ4n) is 3.00. The van der Waals surface area contributed by atoms with Crippen molar-refractivity contribution in [2.75, 3.05) is 11.1 Å². The van der Waals surface area contributed by atoms with Crippen LogP contribution in [-0.2, 0) is 18.4 Å². The summed E-state index contributed by atoms with van der Waals surface area (Å²) in [5.41, 5.74) is -0.350. The van der Waals surface area contributed by atoms with Crippen LogP contribution in [0.5, 0.6) is 0 Å². The number of benzene rings is 1. The van der Waals surface area contributed by atoms with E-state index < -0.39 is 11.2 Å². The van der Waals surface area contributed by atoms with Crippen molar-refractivity contribution >= 4 is 57.6 Å². The van der Waals surface area contributed by atoms with Gasteiger partial charge in [-0.1, -0.05) is 54.9 Å². The summed E-state index contributed by atoms with van der Waals surface area (Å²) in [5, 5.41) is 3.86. The van der Waals surface area contributed by atoms with Gasteiger partial charge in [-0.05, 0) is 25.0 Å². The minimum absolute atomic E-state index is 0.0421. The first-order valence-corrected chi connectivity index (χ1v) is 11.2. The number of anilines is 1. The summed E-state index contributed by atoms with van der Waals surface area (Å²) in [6.07, 6.45) is 0. The maximum absolute atomic E-state index is 12.9. The summed E-state index contributed by atoms with van der Waals surface area (Å²) in [7, 11) is 1.42. The van der Waals surface area contributed by atoms with Crippen molar-refractivity contribution in [3.8, 4) is 0 Å². The van der Waals surface area contributed by atoms with Gasteiger partial charge in [-0.25, -0.2) is 14.8 Å². The molecule has 0 bridgehead atoms. The first-order valence-electron chi connectivity index (χ1n) is 9.45. The standard InChI is InChI=1S/C20H21Cl2N5O3S/c1-10(2)8-27-17-15(19(29)26(4)20(27)30)18(24-11(3)23-17)31-9-14(28)25-16-12(21)6-5-7-13(16)22/h5-7,10H,8-9H2,1-4H3,(H,25,28). The predicted molar refractivity (Wildman–Crippen MR) is 124 cm³/mol. The van der Waals surface area contributed by atoms with Gasteiger partial charge in [-0.2, -0.15) is 0 Å². The Morgan fingerprint density at radius 2 is 1.84 bits per heavy atom. The van der Waals surface area contributed by atoms with Crippen LogP contribution in [0.15, 0.2) is 32.8 Å². The molecule has 164 valence electrons. The summed E-state index contributed by atoms with van der Waals surface area (Å²) < 4.78 is 2.51. The fourth-order valence-corrected chi connectivity index (χ4v) is 4.35. The van der Waals surface area contributed by atoms with E-state index in [9.17, 15) is 14.4 Å². The Labute approximate surface area is 192 Å². The number of carbonyl (C=O) groups is 1. The molecule has 0 saturated heterocycles. The van der Waals surface area contributed by atoms with Crippen molar-refractivity contribution in [2.24, 2.45) is 13.0 Å². The van der Waals surface area contributed by atoms with Crippen molar-refractivity contribution in [2.45, 2.75) is 32.3 Å². The third-order valence-electron chi connectivity index (χ3n) is 4.38. The van der Waals surface area contributed by atoms with Gasteiger partial charge in [0.05, 0.1) is 21.5 Å². The van der Waals surface area contributed by atoms with Crippen molar-refractivity contribution in [3.63, 3.8) is 0 Å². The van der Waals surface area contributed by atoms with Gasteiger partial charge in [0.25, 0.3) is 5.56 Å². The molecule has 8 nitrogen and oxygen atoms in total. The number of thioether (sulfide) groups is 1. The van der Waals surface area contributed by atoms with Gasteiger partial charge in [0.15, 0.2) is 5.65 Å². The van der Waals surface area contributed by atoms with Gasteiger partial charge in [0.2, 0.25) is 5.91 Å². The third-order valence-corrected chi connectivity index (χ3v) is 5.98. The quantitative estimate of drug-likeness (QED) is 0.427. The Bertz CT molecular complexity index is 1270. The molecule has 0 aliphatic carbocycles. The molecule has 0 radical (unpaired) electrons. The average Bonchev–Trinajstić information content (AvgIpc) is 2.70. The van der Waals surface area contributed by atoms with Crippen LogP contribution in [0.25, 0.3) is 11.0 Å². The maximum Gasteiger partial charge on any atom is 0.332 e. The number of hydrogen-bond acceptors (Lipinski definition) is 6. The van der Waals surface area contributed by atoms with Crippen LogP contribution in [0.4, 0.5) is 5.69 Å². The lowest BCUT2D eigenvalue weighted by molar-refractivity contribution is -0.113. The van der Waals surface area contributed by atoms with Crippen molar-refractivity contribution in [1.29, 1.82) is 0 Å². The van der Waals surface area contributed by atoms with E-state index in [1.807, 2.05) is 13.8 Å². The SMILES string of the molecule is Cc1nc(SCC(=O)Nc2c(Cl)cccc2Cl)c2c(=O)n(C)c(=O)n(CC(C)C)c2n1. The van der Waals surface area contributed by atoms with E-state index in [4.69, 9.17) is 23.2 Å². The highest BCUT2D eigenvalue weighted by Crippen LogP contribution is 2.30. The monoisotopic (exact) mass is 481 g/mol. The topological polar surface area (TPSA) is 98.9 Å². The van der Waals surface area contributed by atoms with Gasteiger partial charge in [0.1, 0.15) is 16.2 Å². The Morgan fingerprint density at radius 1 is 1.19 bits per heavy atom. The van der Waals surface area contributed by atoms with Crippen LogP contribution in [0.1, 0.15) is 19.7 Å². The van der Waals surface area contributed by atoms with Crippen molar-refractivity contribution in [3.05, 3.63) is 54.9 Å². The summed E-state index contributed by atoms with van der Waals surface area (Å²) >= 11 is 13.3. The Hall–Kier alpha value is -2.36.